The van der Waals surface area contributed by atoms with Crippen molar-refractivity contribution in [3.05, 3.63) is 59.9 Å². The van der Waals surface area contributed by atoms with Crippen LogP contribution < -0.4 is 4.90 Å². The molecule has 0 fully saturated rings. The van der Waals surface area contributed by atoms with Gasteiger partial charge in [-0.3, -0.25) is 14.6 Å². The first-order valence-electron chi connectivity index (χ1n) is 5.61. The van der Waals surface area contributed by atoms with Gasteiger partial charge >= 0.3 is 0 Å². The lowest BCUT2D eigenvalue weighted by Gasteiger charge is -2.16. The zero-order valence-electron chi connectivity index (χ0n) is 9.54. The summed E-state index contributed by atoms with van der Waals surface area (Å²) >= 11 is 0. The summed E-state index contributed by atoms with van der Waals surface area (Å²) in [6.45, 7) is 0.405. The molecule has 1 amide bonds. The maximum Gasteiger partial charge on any atom is 0.299 e. The summed E-state index contributed by atoms with van der Waals surface area (Å²) < 4.78 is 0. The van der Waals surface area contributed by atoms with Crippen LogP contribution in [0, 0.1) is 0 Å². The van der Waals surface area contributed by atoms with Gasteiger partial charge in [0.05, 0.1) is 17.8 Å². The van der Waals surface area contributed by atoms with Crippen LogP contribution in [0.25, 0.3) is 0 Å². The summed E-state index contributed by atoms with van der Waals surface area (Å²) in [7, 11) is 0. The van der Waals surface area contributed by atoms with Crippen molar-refractivity contribution in [2.75, 3.05) is 4.90 Å². The highest BCUT2D eigenvalue weighted by molar-refractivity contribution is 6.52. The fourth-order valence-electron chi connectivity index (χ4n) is 2.07. The third-order valence-electron chi connectivity index (χ3n) is 2.96. The smallest absolute Gasteiger partial charge is 0.299 e. The topological polar surface area (TPSA) is 50.3 Å². The Bertz CT molecular complexity index is 623. The van der Waals surface area contributed by atoms with E-state index in [1.54, 1.807) is 12.3 Å². The SMILES string of the molecule is O=C1C(=O)N(Cc2ccccc2)c2ccncc21. The highest BCUT2D eigenvalue weighted by Gasteiger charge is 2.35. The van der Waals surface area contributed by atoms with Gasteiger partial charge in [-0.15, -0.1) is 0 Å². The quantitative estimate of drug-likeness (QED) is 0.750. The van der Waals surface area contributed by atoms with Crippen LogP contribution in [0.2, 0.25) is 0 Å². The first-order valence-corrected chi connectivity index (χ1v) is 5.61. The molecule has 3 rings (SSSR count). The summed E-state index contributed by atoms with van der Waals surface area (Å²) in [4.78, 5) is 29.1. The van der Waals surface area contributed by atoms with E-state index in [-0.39, 0.29) is 0 Å². The highest BCUT2D eigenvalue weighted by atomic mass is 16.2. The lowest BCUT2D eigenvalue weighted by atomic mass is 10.2. The van der Waals surface area contributed by atoms with E-state index in [4.69, 9.17) is 0 Å². The Balaban J connectivity index is 1.99. The van der Waals surface area contributed by atoms with Gasteiger partial charge < -0.3 is 4.90 Å². The molecule has 0 N–H and O–H groups in total. The zero-order valence-corrected chi connectivity index (χ0v) is 9.54. The monoisotopic (exact) mass is 238 g/mol. The van der Waals surface area contributed by atoms with Crippen molar-refractivity contribution in [2.24, 2.45) is 0 Å². The van der Waals surface area contributed by atoms with Gasteiger partial charge in [0, 0.05) is 12.4 Å². The second-order valence-electron chi connectivity index (χ2n) is 4.10. The van der Waals surface area contributed by atoms with Crippen LogP contribution in [0.1, 0.15) is 15.9 Å². The number of hydrogen-bond acceptors (Lipinski definition) is 3. The molecular formula is C14H10N2O2. The predicted molar refractivity (Wildman–Crippen MR) is 66.2 cm³/mol. The van der Waals surface area contributed by atoms with E-state index in [0.717, 1.165) is 5.56 Å². The minimum absolute atomic E-state index is 0.387. The molecule has 88 valence electrons. The molecular weight excluding hydrogens is 228 g/mol. The highest BCUT2D eigenvalue weighted by Crippen LogP contribution is 2.28. The van der Waals surface area contributed by atoms with Crippen LogP contribution in [-0.4, -0.2) is 16.7 Å². The van der Waals surface area contributed by atoms with Crippen LogP contribution in [0.5, 0.6) is 0 Å². The lowest BCUT2D eigenvalue weighted by molar-refractivity contribution is -0.114. The number of rotatable bonds is 2. The zero-order chi connectivity index (χ0) is 12.5. The number of pyridine rings is 1. The molecule has 1 aromatic carbocycles. The van der Waals surface area contributed by atoms with Gasteiger partial charge in [-0.25, -0.2) is 0 Å². The molecule has 1 aliphatic heterocycles. The Morgan fingerprint density at radius 1 is 1.06 bits per heavy atom. The van der Waals surface area contributed by atoms with Crippen molar-refractivity contribution in [3.8, 4) is 0 Å². The van der Waals surface area contributed by atoms with Crippen molar-refractivity contribution in [3.63, 3.8) is 0 Å². The van der Waals surface area contributed by atoms with Gasteiger partial charge in [-0.2, -0.15) is 0 Å². The van der Waals surface area contributed by atoms with Crippen LogP contribution >= 0.6 is 0 Å². The number of Topliss-reactive ketones (excluding diaryl/α,β-unsaturated/α-hetero) is 1. The Hall–Kier alpha value is -2.49. The van der Waals surface area contributed by atoms with E-state index in [9.17, 15) is 9.59 Å². The molecule has 1 aliphatic rings. The molecule has 2 aromatic rings. The van der Waals surface area contributed by atoms with E-state index in [0.29, 0.717) is 17.8 Å². The number of fused-ring (bicyclic) bond motifs is 1. The third kappa shape index (κ3) is 1.59. The number of aromatic nitrogens is 1. The Kier molecular flexibility index (Phi) is 2.41. The second-order valence-corrected chi connectivity index (χ2v) is 4.10. The molecule has 4 heteroatoms. The van der Waals surface area contributed by atoms with Gasteiger partial charge in [0.15, 0.2) is 0 Å². The molecule has 0 unspecified atom stereocenters. The number of nitrogens with zero attached hydrogens (tertiary/aromatic N) is 2. The van der Waals surface area contributed by atoms with Crippen molar-refractivity contribution in [1.82, 2.24) is 4.98 Å². The number of anilines is 1. The summed E-state index contributed by atoms with van der Waals surface area (Å²) in [5.74, 6) is -0.962. The molecule has 1 aromatic heterocycles. The van der Waals surface area contributed by atoms with Crippen molar-refractivity contribution in [1.29, 1.82) is 0 Å². The van der Waals surface area contributed by atoms with E-state index in [1.165, 1.54) is 11.1 Å². The van der Waals surface area contributed by atoms with Gasteiger partial charge in [-0.05, 0) is 11.6 Å². The molecule has 4 nitrogen and oxygen atoms in total. The summed E-state index contributed by atoms with van der Waals surface area (Å²) in [6.07, 6.45) is 3.03. The minimum atomic E-state index is -0.484. The lowest BCUT2D eigenvalue weighted by Crippen LogP contribution is -2.29. The first kappa shape index (κ1) is 10.7. The number of hydrogen-bond donors (Lipinski definition) is 0. The van der Waals surface area contributed by atoms with Crippen molar-refractivity contribution >= 4 is 17.4 Å². The molecule has 0 saturated carbocycles. The number of amides is 1. The standard InChI is InChI=1S/C14H10N2O2/c17-13-11-8-15-7-6-12(11)16(14(13)18)9-10-4-2-1-3-5-10/h1-8H,9H2. The Morgan fingerprint density at radius 3 is 2.61 bits per heavy atom. The van der Waals surface area contributed by atoms with Gasteiger partial charge in [0.2, 0.25) is 0 Å². The average Bonchev–Trinajstić information content (AvgIpc) is 2.66. The van der Waals surface area contributed by atoms with Crippen LogP contribution in [0.3, 0.4) is 0 Å². The molecule has 18 heavy (non-hydrogen) atoms. The van der Waals surface area contributed by atoms with Gasteiger partial charge in [0.25, 0.3) is 11.7 Å². The van der Waals surface area contributed by atoms with E-state index < -0.39 is 11.7 Å². The molecule has 0 aliphatic carbocycles. The van der Waals surface area contributed by atoms with Crippen LogP contribution in [0.15, 0.2) is 48.8 Å². The van der Waals surface area contributed by atoms with Gasteiger partial charge in [0.1, 0.15) is 0 Å². The summed E-state index contributed by atoms with van der Waals surface area (Å²) in [5.41, 5.74) is 2.02. The molecule has 0 spiro atoms. The van der Waals surface area contributed by atoms with E-state index >= 15 is 0 Å². The number of benzene rings is 1. The Morgan fingerprint density at radius 2 is 1.83 bits per heavy atom. The molecule has 2 heterocycles. The summed E-state index contributed by atoms with van der Waals surface area (Å²) in [6, 6.07) is 11.3. The normalized spacial score (nSPS) is 13.9. The summed E-state index contributed by atoms with van der Waals surface area (Å²) in [5, 5.41) is 0. The second kappa shape index (κ2) is 4.07. The largest absolute Gasteiger partial charge is 0.300 e. The third-order valence-corrected chi connectivity index (χ3v) is 2.96. The number of carbonyl (C=O) groups is 2. The first-order chi connectivity index (χ1) is 8.77. The minimum Gasteiger partial charge on any atom is -0.300 e. The van der Waals surface area contributed by atoms with E-state index in [2.05, 4.69) is 4.98 Å². The van der Waals surface area contributed by atoms with Crippen molar-refractivity contribution in [2.45, 2.75) is 6.54 Å². The average molecular weight is 238 g/mol. The maximum absolute atomic E-state index is 11.9. The fraction of sp³-hybridized carbons (Fsp3) is 0.0714. The predicted octanol–water partition coefficient (Wildman–Crippen LogP) is 1.81. The molecule has 0 bridgehead atoms. The fourth-order valence-corrected chi connectivity index (χ4v) is 2.07. The van der Waals surface area contributed by atoms with Crippen molar-refractivity contribution < 1.29 is 9.59 Å². The van der Waals surface area contributed by atoms with E-state index in [1.807, 2.05) is 30.3 Å². The van der Waals surface area contributed by atoms with Gasteiger partial charge in [-0.1, -0.05) is 30.3 Å². The van der Waals surface area contributed by atoms with Crippen LogP contribution in [-0.2, 0) is 11.3 Å². The number of carbonyl (C=O) groups excluding carboxylic acids is 2. The number of ketones is 1. The Labute approximate surface area is 104 Å². The molecule has 0 radical (unpaired) electrons. The maximum atomic E-state index is 11.9. The van der Waals surface area contributed by atoms with Crippen LogP contribution in [0.4, 0.5) is 5.69 Å². The molecule has 0 saturated heterocycles. The molecule has 0 atom stereocenters.